The van der Waals surface area contributed by atoms with Crippen molar-refractivity contribution in [2.24, 2.45) is 0 Å². The van der Waals surface area contributed by atoms with Gasteiger partial charge >= 0.3 is 5.97 Å². The van der Waals surface area contributed by atoms with E-state index in [9.17, 15) is 14.9 Å². The molecule has 0 aliphatic carbocycles. The molecule has 1 aromatic carbocycles. The average Bonchev–Trinajstić information content (AvgIpc) is 2.34. The minimum Gasteiger partial charge on any atom is -0.487 e. The van der Waals surface area contributed by atoms with Crippen LogP contribution in [0.1, 0.15) is 20.8 Å². The smallest absolute Gasteiger partial charge is 0.320 e. The number of carbonyl (C=O) groups is 1. The molecule has 1 fully saturated rings. The first-order chi connectivity index (χ1) is 10.2. The van der Waals surface area contributed by atoms with Crippen LogP contribution in [0.4, 0.5) is 5.69 Å². The summed E-state index contributed by atoms with van der Waals surface area (Å²) in [5, 5.41) is 10.7. The van der Waals surface area contributed by atoms with Crippen molar-refractivity contribution in [3.8, 4) is 5.75 Å². The molecule has 0 amide bonds. The number of non-ortho nitro benzene ring substituents is 1. The highest BCUT2D eigenvalue weighted by Crippen LogP contribution is 2.22. The number of hydrogen-bond donors (Lipinski definition) is 0. The molecule has 1 heterocycles. The van der Waals surface area contributed by atoms with E-state index in [4.69, 9.17) is 9.47 Å². The number of nitro benzene ring substituents is 1. The topological polar surface area (TPSA) is 81.9 Å². The minimum absolute atomic E-state index is 0.00225. The fraction of sp³-hybridized carbons (Fsp3) is 0.533. The number of carbonyl (C=O) groups excluding carboxylic acids is 1. The van der Waals surface area contributed by atoms with Crippen molar-refractivity contribution in [3.63, 3.8) is 0 Å². The Bertz CT molecular complexity index is 561. The van der Waals surface area contributed by atoms with Gasteiger partial charge in [-0.05, 0) is 26.8 Å². The highest BCUT2D eigenvalue weighted by Gasteiger charge is 2.31. The molecule has 1 saturated heterocycles. The lowest BCUT2D eigenvalue weighted by atomic mass is 10.1. The fourth-order valence-electron chi connectivity index (χ4n) is 2.15. The van der Waals surface area contributed by atoms with E-state index in [1.54, 1.807) is 12.1 Å². The average molecular weight is 308 g/mol. The van der Waals surface area contributed by atoms with Crippen molar-refractivity contribution >= 4 is 11.7 Å². The number of esters is 1. The number of hydrogen-bond acceptors (Lipinski definition) is 6. The van der Waals surface area contributed by atoms with Crippen molar-refractivity contribution in [3.05, 3.63) is 34.4 Å². The van der Waals surface area contributed by atoms with E-state index in [2.05, 4.69) is 0 Å². The van der Waals surface area contributed by atoms with Gasteiger partial charge in [0.05, 0.1) is 17.5 Å². The molecular formula is C15H20N2O5. The van der Waals surface area contributed by atoms with E-state index in [0.717, 1.165) is 0 Å². The van der Waals surface area contributed by atoms with Crippen LogP contribution in [0.2, 0.25) is 0 Å². The highest BCUT2D eigenvalue weighted by atomic mass is 16.6. The lowest BCUT2D eigenvalue weighted by molar-refractivity contribution is -0.385. The van der Waals surface area contributed by atoms with Crippen LogP contribution in [0.15, 0.2) is 24.3 Å². The van der Waals surface area contributed by atoms with E-state index in [1.807, 2.05) is 25.7 Å². The summed E-state index contributed by atoms with van der Waals surface area (Å²) in [6, 6.07) is 6.09. The zero-order valence-electron chi connectivity index (χ0n) is 12.9. The molecule has 1 aliphatic rings. The van der Waals surface area contributed by atoms with Gasteiger partial charge in [0.15, 0.2) is 0 Å². The molecule has 22 heavy (non-hydrogen) atoms. The molecule has 0 aromatic heterocycles. The molecule has 1 aliphatic heterocycles. The Morgan fingerprint density at radius 1 is 1.41 bits per heavy atom. The first-order valence-electron chi connectivity index (χ1n) is 7.08. The van der Waals surface area contributed by atoms with Crippen LogP contribution in [0.5, 0.6) is 5.75 Å². The van der Waals surface area contributed by atoms with Crippen LogP contribution >= 0.6 is 0 Å². The molecule has 120 valence electrons. The second kappa shape index (κ2) is 6.31. The van der Waals surface area contributed by atoms with Crippen LogP contribution in [0.3, 0.4) is 0 Å². The van der Waals surface area contributed by atoms with Gasteiger partial charge in [-0.2, -0.15) is 0 Å². The number of rotatable bonds is 5. The van der Waals surface area contributed by atoms with E-state index in [1.165, 1.54) is 12.1 Å². The second-order valence-corrected chi connectivity index (χ2v) is 6.27. The molecule has 1 aromatic rings. The first kappa shape index (κ1) is 16.2. The maximum absolute atomic E-state index is 11.7. The summed E-state index contributed by atoms with van der Waals surface area (Å²) >= 11 is 0. The molecule has 0 bridgehead atoms. The Balaban J connectivity index is 1.77. The highest BCUT2D eigenvalue weighted by molar-refractivity contribution is 5.72. The largest absolute Gasteiger partial charge is 0.487 e. The quantitative estimate of drug-likeness (QED) is 0.470. The number of nitro groups is 1. The van der Waals surface area contributed by atoms with Gasteiger partial charge in [0.25, 0.3) is 5.69 Å². The molecule has 0 unspecified atom stereocenters. The van der Waals surface area contributed by atoms with Gasteiger partial charge in [-0.15, -0.1) is 0 Å². The van der Waals surface area contributed by atoms with Crippen LogP contribution in [0.25, 0.3) is 0 Å². The summed E-state index contributed by atoms with van der Waals surface area (Å²) in [6.45, 7) is 6.91. The second-order valence-electron chi connectivity index (χ2n) is 6.27. The van der Waals surface area contributed by atoms with Crippen molar-refractivity contribution in [2.45, 2.75) is 32.5 Å². The van der Waals surface area contributed by atoms with Gasteiger partial charge in [0.1, 0.15) is 17.5 Å². The third-order valence-electron chi connectivity index (χ3n) is 3.03. The lowest BCUT2D eigenvalue weighted by Crippen LogP contribution is -2.55. The summed E-state index contributed by atoms with van der Waals surface area (Å²) in [5.41, 5.74) is -0.483. The predicted octanol–water partition coefficient (Wildman–Crippen LogP) is 2.00. The number of nitrogens with zero attached hydrogens (tertiary/aromatic N) is 2. The van der Waals surface area contributed by atoms with E-state index >= 15 is 0 Å². The van der Waals surface area contributed by atoms with Gasteiger partial charge in [0.2, 0.25) is 0 Å². The standard InChI is InChI=1S/C15H20N2O5/c1-15(2,3)22-14(18)10-16-8-13(9-16)21-12-6-4-5-11(7-12)17(19)20/h4-7,13H,8-10H2,1-3H3. The van der Waals surface area contributed by atoms with Gasteiger partial charge in [0, 0.05) is 19.2 Å². The Labute approximate surface area is 129 Å². The van der Waals surface area contributed by atoms with Crippen molar-refractivity contribution in [1.29, 1.82) is 0 Å². The molecule has 0 radical (unpaired) electrons. The minimum atomic E-state index is -0.485. The van der Waals surface area contributed by atoms with Gasteiger partial charge in [-0.3, -0.25) is 19.8 Å². The first-order valence-corrected chi connectivity index (χ1v) is 7.08. The summed E-state index contributed by atoms with van der Waals surface area (Å²) in [5.74, 6) is 0.206. The molecule has 0 saturated carbocycles. The third kappa shape index (κ3) is 4.70. The zero-order valence-corrected chi connectivity index (χ0v) is 12.9. The summed E-state index contributed by atoms with van der Waals surface area (Å²) < 4.78 is 10.9. The van der Waals surface area contributed by atoms with Crippen LogP contribution in [-0.4, -0.2) is 47.1 Å². The molecular weight excluding hydrogens is 288 g/mol. The van der Waals surface area contributed by atoms with Crippen LogP contribution < -0.4 is 4.74 Å². The lowest BCUT2D eigenvalue weighted by Gasteiger charge is -2.38. The van der Waals surface area contributed by atoms with Gasteiger partial charge < -0.3 is 9.47 Å². The Hall–Kier alpha value is -2.15. The molecule has 7 heteroatoms. The summed E-state index contributed by atoms with van der Waals surface area (Å²) in [6.07, 6.45) is -0.0653. The van der Waals surface area contributed by atoms with Crippen LogP contribution in [0, 0.1) is 10.1 Å². The number of benzene rings is 1. The summed E-state index contributed by atoms with van der Waals surface area (Å²) in [7, 11) is 0. The normalized spacial score (nSPS) is 16.0. The van der Waals surface area contributed by atoms with Crippen molar-refractivity contribution in [1.82, 2.24) is 4.90 Å². The van der Waals surface area contributed by atoms with E-state index < -0.39 is 10.5 Å². The van der Waals surface area contributed by atoms with Gasteiger partial charge in [-0.1, -0.05) is 6.07 Å². The third-order valence-corrected chi connectivity index (χ3v) is 3.03. The SMILES string of the molecule is CC(C)(C)OC(=O)CN1CC(Oc2cccc([N+](=O)[O-])c2)C1. The predicted molar refractivity (Wildman–Crippen MR) is 79.8 cm³/mol. The Morgan fingerprint density at radius 3 is 2.68 bits per heavy atom. The van der Waals surface area contributed by atoms with Crippen molar-refractivity contribution < 1.29 is 19.2 Å². The zero-order chi connectivity index (χ0) is 16.3. The molecule has 2 rings (SSSR count). The fourth-order valence-corrected chi connectivity index (χ4v) is 2.15. The molecule has 0 N–H and O–H groups in total. The summed E-state index contributed by atoms with van der Waals surface area (Å²) in [4.78, 5) is 23.8. The Kier molecular flexibility index (Phi) is 4.65. The Morgan fingerprint density at radius 2 is 2.09 bits per heavy atom. The van der Waals surface area contributed by atoms with Crippen molar-refractivity contribution in [2.75, 3.05) is 19.6 Å². The maximum atomic E-state index is 11.7. The maximum Gasteiger partial charge on any atom is 0.320 e. The molecule has 0 spiro atoms. The molecule has 7 nitrogen and oxygen atoms in total. The van der Waals surface area contributed by atoms with Crippen LogP contribution in [-0.2, 0) is 9.53 Å². The monoisotopic (exact) mass is 308 g/mol. The number of ether oxygens (including phenoxy) is 2. The van der Waals surface area contributed by atoms with Gasteiger partial charge in [-0.25, -0.2) is 0 Å². The molecule has 0 atom stereocenters. The van der Waals surface area contributed by atoms with E-state index in [-0.39, 0.29) is 24.3 Å². The number of likely N-dealkylation sites (tertiary alicyclic amines) is 1. The van der Waals surface area contributed by atoms with E-state index in [0.29, 0.717) is 18.8 Å².